The van der Waals surface area contributed by atoms with E-state index >= 15 is 0 Å². The Morgan fingerprint density at radius 2 is 2.25 bits per heavy atom. The van der Waals surface area contributed by atoms with Crippen LogP contribution in [0.15, 0.2) is 6.07 Å². The molecule has 7 heteroatoms. The van der Waals surface area contributed by atoms with Crippen LogP contribution in [0.1, 0.15) is 10.4 Å². The first kappa shape index (κ1) is 12.6. The summed E-state index contributed by atoms with van der Waals surface area (Å²) in [5.41, 5.74) is -0.682. The van der Waals surface area contributed by atoms with E-state index in [1.165, 1.54) is 0 Å². The van der Waals surface area contributed by atoms with Gasteiger partial charge in [-0.05, 0) is 0 Å². The summed E-state index contributed by atoms with van der Waals surface area (Å²) in [4.78, 5) is 10.5. The molecule has 0 amide bonds. The number of phenolic OH excluding ortho intramolecular Hbond substituents is 1. The maximum absolute atomic E-state index is 13.3. The molecule has 1 rings (SSSR count). The van der Waals surface area contributed by atoms with Crippen LogP contribution in [-0.4, -0.2) is 24.4 Å². The molecule has 1 N–H and O–H groups in total. The molecule has 88 valence electrons. The Balaban J connectivity index is 3.22. The van der Waals surface area contributed by atoms with Gasteiger partial charge in [0.15, 0.2) is 18.8 Å². The molecule has 0 aromatic heterocycles. The fourth-order valence-electron chi connectivity index (χ4n) is 0.981. The van der Waals surface area contributed by atoms with Crippen LogP contribution in [0.2, 0.25) is 5.02 Å². The third-order valence-corrected chi connectivity index (χ3v) is 2.04. The predicted octanol–water partition coefficient (Wildman–Crippen LogP) is 2.64. The lowest BCUT2D eigenvalue weighted by atomic mass is 10.2. The predicted molar refractivity (Wildman–Crippen MR) is 50.0 cm³/mol. The first-order chi connectivity index (χ1) is 7.51. The Morgan fingerprint density at radius 1 is 1.62 bits per heavy atom. The molecule has 16 heavy (non-hydrogen) atoms. The van der Waals surface area contributed by atoms with E-state index in [0.29, 0.717) is 0 Å². The Morgan fingerprint density at radius 3 is 2.75 bits per heavy atom. The zero-order valence-corrected chi connectivity index (χ0v) is 8.47. The monoisotopic (exact) mass is 254 g/mol. The molecule has 0 saturated heterocycles. The number of carbonyl (C=O) groups excluding carboxylic acids is 1. The van der Waals surface area contributed by atoms with Crippen LogP contribution in [-0.2, 0) is 0 Å². The highest BCUT2D eigenvalue weighted by atomic mass is 35.5. The first-order valence-electron chi connectivity index (χ1n) is 4.04. The van der Waals surface area contributed by atoms with Crippen LogP contribution in [0, 0.1) is 5.82 Å². The molecule has 0 saturated carbocycles. The molecule has 1 aromatic carbocycles. The maximum atomic E-state index is 13.3. The normalized spacial score (nSPS) is 12.2. The fourth-order valence-corrected chi connectivity index (χ4v) is 1.14. The molecule has 0 aliphatic rings. The Labute approximate surface area is 93.4 Å². The summed E-state index contributed by atoms with van der Waals surface area (Å²) < 4.78 is 41.9. The van der Waals surface area contributed by atoms with Gasteiger partial charge in [-0.25, -0.2) is 8.78 Å². The van der Waals surface area contributed by atoms with E-state index in [1.54, 1.807) is 0 Å². The van der Waals surface area contributed by atoms with Gasteiger partial charge in [0.1, 0.15) is 16.5 Å². The molecule has 0 spiro atoms. The molecule has 0 aliphatic carbocycles. The van der Waals surface area contributed by atoms with Crippen LogP contribution in [0.5, 0.6) is 11.5 Å². The van der Waals surface area contributed by atoms with E-state index in [2.05, 4.69) is 4.74 Å². The van der Waals surface area contributed by atoms with Gasteiger partial charge in [-0.3, -0.25) is 4.79 Å². The van der Waals surface area contributed by atoms with Gasteiger partial charge in [-0.1, -0.05) is 11.6 Å². The Bertz CT molecular complexity index is 411. The lowest BCUT2D eigenvalue weighted by Gasteiger charge is -2.12. The molecule has 0 fully saturated rings. The van der Waals surface area contributed by atoms with Crippen molar-refractivity contribution in [1.29, 1.82) is 0 Å². The summed E-state index contributed by atoms with van der Waals surface area (Å²) >= 11 is 5.30. The second-order valence-electron chi connectivity index (χ2n) is 2.74. The summed E-state index contributed by atoms with van der Waals surface area (Å²) in [7, 11) is 0. The maximum Gasteiger partial charge on any atom is 0.266 e. The molecular weight excluding hydrogens is 249 g/mol. The van der Waals surface area contributed by atoms with E-state index in [-0.39, 0.29) is 6.29 Å². The number of hydrogen-bond acceptors (Lipinski definition) is 3. The van der Waals surface area contributed by atoms with Crippen LogP contribution < -0.4 is 4.74 Å². The average molecular weight is 255 g/mol. The second-order valence-corrected chi connectivity index (χ2v) is 3.11. The SMILES string of the molecule is O=Cc1c(OC(F)CF)cc(O)c(Cl)c1F. The zero-order chi connectivity index (χ0) is 12.3. The summed E-state index contributed by atoms with van der Waals surface area (Å²) in [5.74, 6) is -2.59. The summed E-state index contributed by atoms with van der Waals surface area (Å²) in [6.07, 6.45) is -2.32. The molecular formula is C9H6ClF3O3. The number of aromatic hydroxyl groups is 1. The van der Waals surface area contributed by atoms with Gasteiger partial charge >= 0.3 is 0 Å². The molecule has 0 aliphatic heterocycles. The third kappa shape index (κ3) is 2.38. The summed E-state index contributed by atoms with van der Waals surface area (Å²) in [6.45, 7) is -1.47. The minimum absolute atomic E-state index is 0.0287. The topological polar surface area (TPSA) is 46.5 Å². The smallest absolute Gasteiger partial charge is 0.266 e. The highest BCUT2D eigenvalue weighted by Crippen LogP contribution is 2.35. The van der Waals surface area contributed by atoms with Gasteiger partial charge in [0.25, 0.3) is 6.36 Å². The number of benzene rings is 1. The minimum atomic E-state index is -2.35. The Hall–Kier alpha value is -1.43. The van der Waals surface area contributed by atoms with Crippen LogP contribution in [0.4, 0.5) is 13.2 Å². The van der Waals surface area contributed by atoms with Crippen molar-refractivity contribution in [2.24, 2.45) is 0 Å². The van der Waals surface area contributed by atoms with Crippen LogP contribution >= 0.6 is 11.6 Å². The molecule has 1 aromatic rings. The van der Waals surface area contributed by atoms with Crippen molar-refractivity contribution in [3.63, 3.8) is 0 Å². The van der Waals surface area contributed by atoms with E-state index in [9.17, 15) is 18.0 Å². The summed E-state index contributed by atoms with van der Waals surface area (Å²) in [6, 6.07) is 0.734. The number of carbonyl (C=O) groups is 1. The fraction of sp³-hybridized carbons (Fsp3) is 0.222. The lowest BCUT2D eigenvalue weighted by molar-refractivity contribution is 0.0423. The highest BCUT2D eigenvalue weighted by Gasteiger charge is 2.19. The van der Waals surface area contributed by atoms with Gasteiger partial charge in [0.2, 0.25) is 0 Å². The molecule has 0 radical (unpaired) electrons. The van der Waals surface area contributed by atoms with Crippen molar-refractivity contribution in [3.05, 3.63) is 22.5 Å². The average Bonchev–Trinajstić information content (AvgIpc) is 2.26. The van der Waals surface area contributed by atoms with Crippen molar-refractivity contribution in [3.8, 4) is 11.5 Å². The number of ether oxygens (including phenoxy) is 1. The molecule has 1 unspecified atom stereocenters. The van der Waals surface area contributed by atoms with E-state index < -0.39 is 40.9 Å². The molecule has 3 nitrogen and oxygen atoms in total. The van der Waals surface area contributed by atoms with Crippen molar-refractivity contribution >= 4 is 17.9 Å². The van der Waals surface area contributed by atoms with E-state index in [0.717, 1.165) is 6.07 Å². The van der Waals surface area contributed by atoms with Gasteiger partial charge in [-0.15, -0.1) is 0 Å². The number of hydrogen-bond donors (Lipinski definition) is 1. The van der Waals surface area contributed by atoms with Gasteiger partial charge in [-0.2, -0.15) is 4.39 Å². The van der Waals surface area contributed by atoms with Gasteiger partial charge in [0, 0.05) is 6.07 Å². The zero-order valence-electron chi connectivity index (χ0n) is 7.71. The standard InChI is InChI=1S/C9H6ClF3O3/c10-8-5(15)1-6(16-7(12)2-11)4(3-14)9(8)13/h1,3,7,15H,2H2. The van der Waals surface area contributed by atoms with E-state index in [4.69, 9.17) is 16.7 Å². The second kappa shape index (κ2) is 5.07. The van der Waals surface area contributed by atoms with Crippen molar-refractivity contribution in [1.82, 2.24) is 0 Å². The minimum Gasteiger partial charge on any atom is -0.506 e. The number of aldehydes is 1. The largest absolute Gasteiger partial charge is 0.506 e. The number of halogens is 4. The third-order valence-electron chi connectivity index (χ3n) is 1.68. The number of alkyl halides is 2. The Kier molecular flexibility index (Phi) is 4.00. The van der Waals surface area contributed by atoms with Crippen molar-refractivity contribution < 1.29 is 27.8 Å². The molecule has 1 atom stereocenters. The van der Waals surface area contributed by atoms with Crippen LogP contribution in [0.25, 0.3) is 0 Å². The van der Waals surface area contributed by atoms with Crippen molar-refractivity contribution in [2.45, 2.75) is 6.36 Å². The summed E-state index contributed by atoms with van der Waals surface area (Å²) in [5, 5.41) is 8.41. The molecule has 0 heterocycles. The van der Waals surface area contributed by atoms with Crippen LogP contribution in [0.3, 0.4) is 0 Å². The quantitative estimate of drug-likeness (QED) is 0.840. The van der Waals surface area contributed by atoms with Gasteiger partial charge in [0.05, 0.1) is 5.56 Å². The number of phenols is 1. The number of rotatable bonds is 4. The molecule has 0 bridgehead atoms. The lowest BCUT2D eigenvalue weighted by Crippen LogP contribution is -2.13. The highest BCUT2D eigenvalue weighted by molar-refractivity contribution is 6.32. The van der Waals surface area contributed by atoms with Gasteiger partial charge < -0.3 is 9.84 Å². The van der Waals surface area contributed by atoms with E-state index in [1.807, 2.05) is 0 Å². The van der Waals surface area contributed by atoms with Crippen molar-refractivity contribution in [2.75, 3.05) is 6.67 Å². The first-order valence-corrected chi connectivity index (χ1v) is 4.41.